The van der Waals surface area contributed by atoms with Crippen molar-refractivity contribution in [3.05, 3.63) is 22.8 Å². The van der Waals surface area contributed by atoms with Crippen LogP contribution in [-0.2, 0) is 15.7 Å². The van der Waals surface area contributed by atoms with Crippen molar-refractivity contribution in [3.8, 4) is 0 Å². The number of hydrogen-bond acceptors (Lipinski definition) is 4. The standard InChI is InChI=1S/C13H18ClF3N2O2/c1-9(8-21-3)19(4-5-20-2)12-7-10(13(15,16)17)6-11(14)18-12/h6-7,9H,4-5,8H2,1-3H3. The molecule has 1 heterocycles. The molecule has 0 aliphatic rings. The highest BCUT2D eigenvalue weighted by atomic mass is 35.5. The molecule has 1 aromatic rings. The molecule has 0 saturated heterocycles. The molecule has 0 amide bonds. The molecule has 21 heavy (non-hydrogen) atoms. The van der Waals surface area contributed by atoms with Gasteiger partial charge in [-0.15, -0.1) is 0 Å². The zero-order chi connectivity index (χ0) is 16.0. The van der Waals surface area contributed by atoms with Crippen molar-refractivity contribution >= 4 is 17.4 Å². The van der Waals surface area contributed by atoms with Gasteiger partial charge in [0.05, 0.1) is 24.8 Å². The highest BCUT2D eigenvalue weighted by molar-refractivity contribution is 6.29. The summed E-state index contributed by atoms with van der Waals surface area (Å²) >= 11 is 5.72. The number of alkyl halides is 3. The average molecular weight is 327 g/mol. The quantitative estimate of drug-likeness (QED) is 0.720. The maximum absolute atomic E-state index is 12.9. The Hall–Kier alpha value is -1.05. The second kappa shape index (κ2) is 7.82. The molecular weight excluding hydrogens is 309 g/mol. The molecule has 0 radical (unpaired) electrons. The normalized spacial score (nSPS) is 13.3. The van der Waals surface area contributed by atoms with Crippen LogP contribution < -0.4 is 4.90 Å². The summed E-state index contributed by atoms with van der Waals surface area (Å²) < 4.78 is 48.6. The number of anilines is 1. The molecular formula is C13H18ClF3N2O2. The van der Waals surface area contributed by atoms with Crippen LogP contribution in [0.15, 0.2) is 12.1 Å². The van der Waals surface area contributed by atoms with Crippen LogP contribution in [0.1, 0.15) is 12.5 Å². The van der Waals surface area contributed by atoms with E-state index in [1.54, 1.807) is 4.90 Å². The van der Waals surface area contributed by atoms with Gasteiger partial charge in [-0.05, 0) is 19.1 Å². The number of rotatable bonds is 7. The Bertz CT molecular complexity index is 458. The minimum Gasteiger partial charge on any atom is -0.383 e. The molecule has 0 N–H and O–H groups in total. The van der Waals surface area contributed by atoms with Gasteiger partial charge in [0.2, 0.25) is 0 Å². The van der Waals surface area contributed by atoms with E-state index in [0.29, 0.717) is 19.8 Å². The lowest BCUT2D eigenvalue weighted by molar-refractivity contribution is -0.137. The van der Waals surface area contributed by atoms with E-state index in [0.717, 1.165) is 12.1 Å². The number of pyridine rings is 1. The Morgan fingerprint density at radius 1 is 1.29 bits per heavy atom. The zero-order valence-corrected chi connectivity index (χ0v) is 12.8. The van der Waals surface area contributed by atoms with Crippen LogP contribution in [-0.4, -0.2) is 45.0 Å². The van der Waals surface area contributed by atoms with Gasteiger partial charge in [0.25, 0.3) is 0 Å². The topological polar surface area (TPSA) is 34.6 Å². The summed E-state index contributed by atoms with van der Waals surface area (Å²) in [4.78, 5) is 5.66. The molecule has 1 unspecified atom stereocenters. The van der Waals surface area contributed by atoms with E-state index in [2.05, 4.69) is 4.98 Å². The first-order chi connectivity index (χ1) is 9.79. The first kappa shape index (κ1) is 18.0. The van der Waals surface area contributed by atoms with Gasteiger partial charge in [-0.2, -0.15) is 13.2 Å². The maximum Gasteiger partial charge on any atom is 0.416 e. The third kappa shape index (κ3) is 5.33. The van der Waals surface area contributed by atoms with Gasteiger partial charge in [0.1, 0.15) is 11.0 Å². The van der Waals surface area contributed by atoms with Crippen molar-refractivity contribution in [3.63, 3.8) is 0 Å². The van der Waals surface area contributed by atoms with Gasteiger partial charge >= 0.3 is 6.18 Å². The van der Waals surface area contributed by atoms with Crippen LogP contribution in [0.5, 0.6) is 0 Å². The number of aromatic nitrogens is 1. The van der Waals surface area contributed by atoms with Crippen LogP contribution in [0.3, 0.4) is 0 Å². The van der Waals surface area contributed by atoms with E-state index in [9.17, 15) is 13.2 Å². The van der Waals surface area contributed by atoms with Crippen molar-refractivity contribution in [2.75, 3.05) is 38.9 Å². The molecule has 0 saturated carbocycles. The molecule has 0 aliphatic heterocycles. The third-order valence-corrected chi connectivity index (χ3v) is 3.07. The first-order valence-corrected chi connectivity index (χ1v) is 6.66. The molecule has 0 aromatic carbocycles. The fourth-order valence-electron chi connectivity index (χ4n) is 1.88. The van der Waals surface area contributed by atoms with Crippen LogP contribution >= 0.6 is 11.6 Å². The Morgan fingerprint density at radius 2 is 1.95 bits per heavy atom. The highest BCUT2D eigenvalue weighted by Gasteiger charge is 2.32. The number of ether oxygens (including phenoxy) is 2. The smallest absolute Gasteiger partial charge is 0.383 e. The molecule has 1 rings (SSSR count). The fourth-order valence-corrected chi connectivity index (χ4v) is 2.08. The number of halogens is 4. The summed E-state index contributed by atoms with van der Waals surface area (Å²) in [5.74, 6) is 0.149. The van der Waals surface area contributed by atoms with Crippen molar-refractivity contribution in [2.24, 2.45) is 0 Å². The second-order valence-electron chi connectivity index (χ2n) is 4.53. The van der Waals surface area contributed by atoms with Crippen LogP contribution in [0, 0.1) is 0 Å². The molecule has 0 aliphatic carbocycles. The van der Waals surface area contributed by atoms with Gasteiger partial charge in [0.15, 0.2) is 0 Å². The van der Waals surface area contributed by atoms with Gasteiger partial charge in [-0.3, -0.25) is 0 Å². The van der Waals surface area contributed by atoms with Crippen LogP contribution in [0.2, 0.25) is 5.15 Å². The van der Waals surface area contributed by atoms with E-state index in [1.807, 2.05) is 6.92 Å². The summed E-state index contributed by atoms with van der Waals surface area (Å²) in [5.41, 5.74) is -0.829. The van der Waals surface area contributed by atoms with Gasteiger partial charge in [-0.1, -0.05) is 11.6 Å². The van der Waals surface area contributed by atoms with Gasteiger partial charge in [0, 0.05) is 20.8 Å². The first-order valence-electron chi connectivity index (χ1n) is 6.29. The summed E-state index contributed by atoms with van der Waals surface area (Å²) in [6.07, 6.45) is -4.47. The Morgan fingerprint density at radius 3 is 2.48 bits per heavy atom. The molecule has 0 fully saturated rings. The van der Waals surface area contributed by atoms with Crippen molar-refractivity contribution in [1.82, 2.24) is 4.98 Å². The zero-order valence-electron chi connectivity index (χ0n) is 12.1. The third-order valence-electron chi connectivity index (χ3n) is 2.88. The van der Waals surface area contributed by atoms with E-state index in [-0.39, 0.29) is 17.0 Å². The summed E-state index contributed by atoms with van der Waals surface area (Å²) in [7, 11) is 3.04. The van der Waals surface area contributed by atoms with Gasteiger partial charge < -0.3 is 14.4 Å². The highest BCUT2D eigenvalue weighted by Crippen LogP contribution is 2.33. The lowest BCUT2D eigenvalue weighted by atomic mass is 10.2. The predicted octanol–water partition coefficient (Wildman–Crippen LogP) is 3.24. The Labute approximate surface area is 126 Å². The van der Waals surface area contributed by atoms with Crippen molar-refractivity contribution in [2.45, 2.75) is 19.1 Å². The second-order valence-corrected chi connectivity index (χ2v) is 4.91. The molecule has 8 heteroatoms. The molecule has 0 spiro atoms. The minimum absolute atomic E-state index is 0.149. The van der Waals surface area contributed by atoms with E-state index in [1.165, 1.54) is 14.2 Å². The number of hydrogen-bond donors (Lipinski definition) is 0. The Kier molecular flexibility index (Phi) is 6.70. The predicted molar refractivity (Wildman–Crippen MR) is 74.8 cm³/mol. The van der Waals surface area contributed by atoms with Crippen molar-refractivity contribution in [1.29, 1.82) is 0 Å². The average Bonchev–Trinajstić information content (AvgIpc) is 2.38. The van der Waals surface area contributed by atoms with Crippen LogP contribution in [0.25, 0.3) is 0 Å². The molecule has 4 nitrogen and oxygen atoms in total. The SMILES string of the molecule is COCCN(c1cc(C(F)(F)F)cc(Cl)n1)C(C)COC. The molecule has 0 bridgehead atoms. The summed E-state index contributed by atoms with van der Waals surface area (Å²) in [6, 6.07) is 1.62. The van der Waals surface area contributed by atoms with Crippen LogP contribution in [0.4, 0.5) is 19.0 Å². The fraction of sp³-hybridized carbons (Fsp3) is 0.615. The van der Waals surface area contributed by atoms with E-state index >= 15 is 0 Å². The number of methoxy groups -OCH3 is 2. The maximum atomic E-state index is 12.9. The lowest BCUT2D eigenvalue weighted by Crippen LogP contribution is -2.39. The molecule has 1 aromatic heterocycles. The van der Waals surface area contributed by atoms with Crippen molar-refractivity contribution < 1.29 is 22.6 Å². The minimum atomic E-state index is -4.47. The lowest BCUT2D eigenvalue weighted by Gasteiger charge is -2.30. The van der Waals surface area contributed by atoms with Gasteiger partial charge in [-0.25, -0.2) is 4.98 Å². The van der Waals surface area contributed by atoms with E-state index in [4.69, 9.17) is 21.1 Å². The Balaban J connectivity index is 3.14. The summed E-state index contributed by atoms with van der Waals surface area (Å²) in [6.45, 7) is 2.91. The molecule has 1 atom stereocenters. The van der Waals surface area contributed by atoms with E-state index < -0.39 is 11.7 Å². The number of nitrogens with zero attached hydrogens (tertiary/aromatic N) is 2. The largest absolute Gasteiger partial charge is 0.416 e. The molecule has 120 valence electrons. The monoisotopic (exact) mass is 326 g/mol. The summed E-state index contributed by atoms with van der Waals surface area (Å²) in [5, 5.41) is -0.202.